The number of aryl methyl sites for hydroxylation is 1. The number of nitrogens with zero attached hydrogens (tertiary/aromatic N) is 1. The molecule has 0 spiro atoms. The number of unbranched alkanes of at least 4 members (excludes halogenated alkanes) is 2. The van der Waals surface area contributed by atoms with Crippen LogP contribution in [0.3, 0.4) is 0 Å². The van der Waals surface area contributed by atoms with Crippen LogP contribution in [0.25, 0.3) is 23.1 Å². The van der Waals surface area contributed by atoms with Crippen molar-refractivity contribution in [2.24, 2.45) is 13.0 Å². The van der Waals surface area contributed by atoms with E-state index >= 15 is 0 Å². The van der Waals surface area contributed by atoms with Crippen molar-refractivity contribution in [2.45, 2.75) is 25.7 Å². The predicted molar refractivity (Wildman–Crippen MR) is 102 cm³/mol. The van der Waals surface area contributed by atoms with E-state index in [1.807, 2.05) is 12.2 Å². The van der Waals surface area contributed by atoms with Crippen LogP contribution in [0.1, 0.15) is 25.7 Å². The zero-order chi connectivity index (χ0) is 16.1. The van der Waals surface area contributed by atoms with Gasteiger partial charge in [-0.2, -0.15) is 0 Å². The molecule has 1 aliphatic carbocycles. The molecular weight excluding hydrogens is 278 g/mol. The highest BCUT2D eigenvalue weighted by Gasteiger charge is 2.08. The minimum Gasteiger partial charge on any atom is -0.344 e. The van der Waals surface area contributed by atoms with E-state index in [1.165, 1.54) is 40.7 Å². The second-order valence-electron chi connectivity index (χ2n) is 6.21. The van der Waals surface area contributed by atoms with E-state index in [1.54, 1.807) is 0 Å². The topological polar surface area (TPSA) is 4.93 Å². The van der Waals surface area contributed by atoms with Crippen LogP contribution in [-0.2, 0) is 7.05 Å². The quantitative estimate of drug-likeness (QED) is 0.556. The smallest absolute Gasteiger partial charge is 0.0488 e. The average molecular weight is 303 g/mol. The maximum Gasteiger partial charge on any atom is 0.0488 e. The molecule has 0 amide bonds. The zero-order valence-electron chi connectivity index (χ0n) is 13.9. The largest absolute Gasteiger partial charge is 0.344 e. The Morgan fingerprint density at radius 1 is 1.22 bits per heavy atom. The van der Waals surface area contributed by atoms with E-state index < -0.39 is 0 Å². The molecule has 118 valence electrons. The third-order valence-corrected chi connectivity index (χ3v) is 4.62. The summed E-state index contributed by atoms with van der Waals surface area (Å²) in [5, 5.41) is 4.08. The number of hydrogen-bond donors (Lipinski definition) is 0. The Kier molecular flexibility index (Phi) is 4.97. The second-order valence-corrected chi connectivity index (χ2v) is 6.21. The minimum atomic E-state index is 0.529. The Bertz CT molecular complexity index is 861. The lowest BCUT2D eigenvalue weighted by atomic mass is 9.99. The first-order chi connectivity index (χ1) is 11.3. The van der Waals surface area contributed by atoms with Crippen molar-refractivity contribution in [3.8, 4) is 0 Å². The summed E-state index contributed by atoms with van der Waals surface area (Å²) in [4.78, 5) is 0. The highest BCUT2D eigenvalue weighted by Crippen LogP contribution is 2.16. The molecular formula is C22H25N. The molecule has 1 unspecified atom stereocenters. The number of benzene rings is 1. The molecule has 3 rings (SSSR count). The van der Waals surface area contributed by atoms with Crippen molar-refractivity contribution >= 4 is 23.1 Å². The van der Waals surface area contributed by atoms with Crippen LogP contribution in [0.15, 0.2) is 61.2 Å². The number of hydrogen-bond acceptors (Lipinski definition) is 0. The Balaban J connectivity index is 1.81. The molecule has 1 aromatic heterocycles. The van der Waals surface area contributed by atoms with E-state index in [-0.39, 0.29) is 0 Å². The molecule has 1 heteroatoms. The van der Waals surface area contributed by atoms with Crippen molar-refractivity contribution in [2.75, 3.05) is 0 Å². The van der Waals surface area contributed by atoms with Crippen molar-refractivity contribution in [3.63, 3.8) is 0 Å². The standard InChI is InChI=1S/C22H25N/c1-3-4-5-6-7-8-12-18-13-11-16-22-20(17-18)19-14-9-10-15-21(19)23(22)2/h3-5,9-11,13-18H,1,6-8,12H2,2H3/b5-4-. The van der Waals surface area contributed by atoms with Gasteiger partial charge in [0.1, 0.15) is 0 Å². The zero-order valence-corrected chi connectivity index (χ0v) is 13.9. The maximum absolute atomic E-state index is 3.70. The van der Waals surface area contributed by atoms with Gasteiger partial charge in [-0.25, -0.2) is 0 Å². The molecule has 1 aromatic carbocycles. The van der Waals surface area contributed by atoms with Gasteiger partial charge in [0.05, 0.1) is 0 Å². The van der Waals surface area contributed by atoms with Crippen molar-refractivity contribution < 1.29 is 0 Å². The summed E-state index contributed by atoms with van der Waals surface area (Å²) >= 11 is 0. The van der Waals surface area contributed by atoms with Crippen LogP contribution >= 0.6 is 0 Å². The lowest BCUT2D eigenvalue weighted by molar-refractivity contribution is 0.641. The van der Waals surface area contributed by atoms with Gasteiger partial charge in [-0.3, -0.25) is 0 Å². The van der Waals surface area contributed by atoms with Crippen molar-refractivity contribution in [1.82, 2.24) is 4.57 Å². The normalized spacial score (nSPS) is 16.8. The summed E-state index contributed by atoms with van der Waals surface area (Å²) in [6.45, 7) is 3.70. The number of rotatable bonds is 6. The van der Waals surface area contributed by atoms with Gasteiger partial charge in [0.15, 0.2) is 0 Å². The molecule has 1 aliphatic rings. The SMILES string of the molecule is C=C/C=C\CCCCC1C=CC=c2c(c3ccccc3n2C)=C1. The van der Waals surface area contributed by atoms with Crippen molar-refractivity contribution in [3.05, 3.63) is 71.8 Å². The maximum atomic E-state index is 3.70. The number of aromatic nitrogens is 1. The lowest BCUT2D eigenvalue weighted by Gasteiger charge is -2.06. The third kappa shape index (κ3) is 3.39. The van der Waals surface area contributed by atoms with Crippen LogP contribution in [0.5, 0.6) is 0 Å². The van der Waals surface area contributed by atoms with Gasteiger partial charge in [0, 0.05) is 28.5 Å². The van der Waals surface area contributed by atoms with E-state index in [2.05, 4.69) is 72.8 Å². The van der Waals surface area contributed by atoms with Gasteiger partial charge in [-0.05, 0) is 37.3 Å². The minimum absolute atomic E-state index is 0.529. The van der Waals surface area contributed by atoms with E-state index in [4.69, 9.17) is 0 Å². The Hall–Kier alpha value is -2.28. The molecule has 0 fully saturated rings. The highest BCUT2D eigenvalue weighted by atomic mass is 14.9. The molecule has 0 N–H and O–H groups in total. The fourth-order valence-corrected chi connectivity index (χ4v) is 3.39. The first-order valence-corrected chi connectivity index (χ1v) is 8.52. The summed E-state index contributed by atoms with van der Waals surface area (Å²) in [6.07, 6.45) is 20.2. The van der Waals surface area contributed by atoms with Crippen LogP contribution in [-0.4, -0.2) is 4.57 Å². The second kappa shape index (κ2) is 7.32. The van der Waals surface area contributed by atoms with Crippen LogP contribution < -0.4 is 10.6 Å². The van der Waals surface area contributed by atoms with Gasteiger partial charge < -0.3 is 4.57 Å². The molecule has 1 nitrogen and oxygen atoms in total. The van der Waals surface area contributed by atoms with Gasteiger partial charge in [0.2, 0.25) is 0 Å². The third-order valence-electron chi connectivity index (χ3n) is 4.62. The number of allylic oxidation sites excluding steroid dienone is 5. The summed E-state index contributed by atoms with van der Waals surface area (Å²) in [7, 11) is 2.16. The van der Waals surface area contributed by atoms with E-state index in [0.29, 0.717) is 5.92 Å². The average Bonchev–Trinajstić information content (AvgIpc) is 2.74. The fraction of sp³-hybridized carbons (Fsp3) is 0.273. The number of fused-ring (bicyclic) bond motifs is 3. The van der Waals surface area contributed by atoms with E-state index in [9.17, 15) is 0 Å². The molecule has 0 saturated carbocycles. The van der Waals surface area contributed by atoms with Crippen LogP contribution in [0.4, 0.5) is 0 Å². The molecule has 23 heavy (non-hydrogen) atoms. The predicted octanol–water partition coefficient (Wildman–Crippen LogP) is 4.23. The molecule has 1 atom stereocenters. The molecule has 2 aromatic rings. The summed E-state index contributed by atoms with van der Waals surface area (Å²) in [6, 6.07) is 8.69. The Morgan fingerprint density at radius 3 is 2.96 bits per heavy atom. The van der Waals surface area contributed by atoms with Crippen LogP contribution in [0, 0.1) is 5.92 Å². The summed E-state index contributed by atoms with van der Waals surface area (Å²) in [5.41, 5.74) is 1.31. The van der Waals surface area contributed by atoms with Gasteiger partial charge in [-0.1, -0.05) is 67.7 Å². The molecule has 1 heterocycles. The first-order valence-electron chi connectivity index (χ1n) is 8.52. The monoisotopic (exact) mass is 303 g/mol. The van der Waals surface area contributed by atoms with Gasteiger partial charge >= 0.3 is 0 Å². The molecule has 0 radical (unpaired) electrons. The fourth-order valence-electron chi connectivity index (χ4n) is 3.39. The number of para-hydroxylation sites is 1. The molecule has 0 saturated heterocycles. The highest BCUT2D eigenvalue weighted by molar-refractivity contribution is 5.82. The Morgan fingerprint density at radius 2 is 2.09 bits per heavy atom. The van der Waals surface area contributed by atoms with E-state index in [0.717, 1.165) is 6.42 Å². The first kappa shape index (κ1) is 15.6. The van der Waals surface area contributed by atoms with Gasteiger partial charge in [-0.15, -0.1) is 0 Å². The van der Waals surface area contributed by atoms with Crippen LogP contribution in [0.2, 0.25) is 0 Å². The molecule has 0 bridgehead atoms. The summed E-state index contributed by atoms with van der Waals surface area (Å²) < 4.78 is 2.30. The summed E-state index contributed by atoms with van der Waals surface area (Å²) in [5.74, 6) is 0.529. The molecule has 0 aliphatic heterocycles. The lowest BCUT2D eigenvalue weighted by Crippen LogP contribution is -2.27. The Labute approximate surface area is 138 Å². The van der Waals surface area contributed by atoms with Crippen molar-refractivity contribution in [1.29, 1.82) is 0 Å². The van der Waals surface area contributed by atoms with Gasteiger partial charge in [0.25, 0.3) is 0 Å².